The van der Waals surface area contributed by atoms with E-state index in [1.54, 1.807) is 24.3 Å². The van der Waals surface area contributed by atoms with Crippen LogP contribution in [-0.4, -0.2) is 28.0 Å². The van der Waals surface area contributed by atoms with Gasteiger partial charge in [-0.25, -0.2) is 0 Å². The van der Waals surface area contributed by atoms with Crippen molar-refractivity contribution in [2.24, 2.45) is 0 Å². The molecule has 2 atom stereocenters. The van der Waals surface area contributed by atoms with Gasteiger partial charge in [-0.3, -0.25) is 4.79 Å². The number of hydrogen-bond acceptors (Lipinski definition) is 4. The fourth-order valence-electron chi connectivity index (χ4n) is 1.38. The SMILES string of the molecule is N#CCC(=O)c1cccc(C(O)C(O)CCl)c1. The van der Waals surface area contributed by atoms with Gasteiger partial charge >= 0.3 is 0 Å². The van der Waals surface area contributed by atoms with Crippen LogP contribution >= 0.6 is 11.6 Å². The fourth-order valence-corrected chi connectivity index (χ4v) is 1.55. The van der Waals surface area contributed by atoms with Gasteiger partial charge in [0.25, 0.3) is 0 Å². The number of aliphatic hydroxyl groups excluding tert-OH is 2. The number of rotatable bonds is 5. The van der Waals surface area contributed by atoms with Crippen LogP contribution in [0.1, 0.15) is 28.4 Å². The average molecular weight is 254 g/mol. The molecule has 2 unspecified atom stereocenters. The lowest BCUT2D eigenvalue weighted by Gasteiger charge is -2.16. The van der Waals surface area contributed by atoms with Gasteiger partial charge in [-0.2, -0.15) is 5.26 Å². The van der Waals surface area contributed by atoms with Gasteiger partial charge in [0.1, 0.15) is 6.10 Å². The zero-order valence-electron chi connectivity index (χ0n) is 9.01. The summed E-state index contributed by atoms with van der Waals surface area (Å²) in [5, 5.41) is 27.5. The van der Waals surface area contributed by atoms with E-state index < -0.39 is 12.2 Å². The first-order valence-corrected chi connectivity index (χ1v) is 5.55. The molecule has 0 saturated carbocycles. The van der Waals surface area contributed by atoms with E-state index in [2.05, 4.69) is 0 Å². The van der Waals surface area contributed by atoms with Gasteiger partial charge in [0.2, 0.25) is 0 Å². The normalized spacial score (nSPS) is 13.8. The van der Waals surface area contributed by atoms with Crippen molar-refractivity contribution in [3.05, 3.63) is 35.4 Å². The first-order chi connectivity index (χ1) is 8.10. The Morgan fingerprint density at radius 2 is 2.18 bits per heavy atom. The van der Waals surface area contributed by atoms with Crippen LogP contribution in [-0.2, 0) is 0 Å². The van der Waals surface area contributed by atoms with Gasteiger partial charge in [0, 0.05) is 5.56 Å². The molecular weight excluding hydrogens is 242 g/mol. The predicted molar refractivity (Wildman–Crippen MR) is 62.7 cm³/mol. The molecule has 1 rings (SSSR count). The second-order valence-corrected chi connectivity index (χ2v) is 3.86. The van der Waals surface area contributed by atoms with E-state index in [0.717, 1.165) is 0 Å². The van der Waals surface area contributed by atoms with E-state index >= 15 is 0 Å². The van der Waals surface area contributed by atoms with Crippen LogP contribution in [0, 0.1) is 11.3 Å². The molecule has 0 aliphatic rings. The zero-order chi connectivity index (χ0) is 12.8. The number of halogens is 1. The van der Waals surface area contributed by atoms with Crippen LogP contribution in [0.3, 0.4) is 0 Å². The smallest absolute Gasteiger partial charge is 0.176 e. The highest BCUT2D eigenvalue weighted by atomic mass is 35.5. The lowest BCUT2D eigenvalue weighted by atomic mass is 10.00. The first-order valence-electron chi connectivity index (χ1n) is 5.02. The summed E-state index contributed by atoms with van der Waals surface area (Å²) in [5.41, 5.74) is 0.742. The van der Waals surface area contributed by atoms with E-state index in [1.165, 1.54) is 6.07 Å². The molecule has 0 aliphatic carbocycles. The molecule has 0 saturated heterocycles. The lowest BCUT2D eigenvalue weighted by Crippen LogP contribution is -2.19. The molecule has 4 nitrogen and oxygen atoms in total. The number of nitrogens with zero attached hydrogens (tertiary/aromatic N) is 1. The summed E-state index contributed by atoms with van der Waals surface area (Å²) >= 11 is 5.43. The van der Waals surface area contributed by atoms with Gasteiger partial charge in [0.05, 0.1) is 24.5 Å². The van der Waals surface area contributed by atoms with Crippen molar-refractivity contribution in [3.8, 4) is 6.07 Å². The topological polar surface area (TPSA) is 81.3 Å². The second kappa shape index (κ2) is 6.36. The Kier molecular flexibility index (Phi) is 5.11. The Bertz CT molecular complexity index is 442. The van der Waals surface area contributed by atoms with Crippen LogP contribution in [0.2, 0.25) is 0 Å². The minimum Gasteiger partial charge on any atom is -0.389 e. The number of aliphatic hydroxyl groups is 2. The van der Waals surface area contributed by atoms with E-state index in [1.807, 2.05) is 0 Å². The molecule has 0 bridgehead atoms. The maximum Gasteiger partial charge on any atom is 0.176 e. The summed E-state index contributed by atoms with van der Waals surface area (Å²) in [6.07, 6.45) is -2.43. The van der Waals surface area contributed by atoms with Gasteiger partial charge in [0.15, 0.2) is 5.78 Å². The van der Waals surface area contributed by atoms with Crippen LogP contribution in [0.15, 0.2) is 24.3 Å². The van der Waals surface area contributed by atoms with Gasteiger partial charge in [-0.15, -0.1) is 11.6 Å². The van der Waals surface area contributed by atoms with Gasteiger partial charge < -0.3 is 10.2 Å². The van der Waals surface area contributed by atoms with Crippen molar-refractivity contribution in [1.82, 2.24) is 0 Å². The molecule has 90 valence electrons. The van der Waals surface area contributed by atoms with Crippen molar-refractivity contribution in [3.63, 3.8) is 0 Å². The standard InChI is InChI=1S/C12H12ClNO3/c13-7-11(16)12(17)9-3-1-2-8(6-9)10(15)4-5-14/h1-3,6,11-12,16-17H,4,7H2. The molecule has 2 N–H and O–H groups in total. The first kappa shape index (κ1) is 13.7. The van der Waals surface area contributed by atoms with Crippen LogP contribution in [0.25, 0.3) is 0 Å². The molecule has 0 amide bonds. The maximum absolute atomic E-state index is 11.5. The molecule has 17 heavy (non-hydrogen) atoms. The highest BCUT2D eigenvalue weighted by Gasteiger charge is 2.18. The fraction of sp³-hybridized carbons (Fsp3) is 0.333. The van der Waals surface area contributed by atoms with Crippen LogP contribution in [0.4, 0.5) is 0 Å². The molecule has 5 heteroatoms. The van der Waals surface area contributed by atoms with Crippen LogP contribution < -0.4 is 0 Å². The van der Waals surface area contributed by atoms with E-state index in [0.29, 0.717) is 11.1 Å². The maximum atomic E-state index is 11.5. The predicted octanol–water partition coefficient (Wildman–Crippen LogP) is 1.42. The number of carbonyl (C=O) groups excluding carboxylic acids is 1. The van der Waals surface area contributed by atoms with Crippen molar-refractivity contribution >= 4 is 17.4 Å². The molecule has 1 aromatic carbocycles. The molecule has 0 spiro atoms. The highest BCUT2D eigenvalue weighted by Crippen LogP contribution is 2.19. The monoisotopic (exact) mass is 253 g/mol. The van der Waals surface area contributed by atoms with E-state index in [-0.39, 0.29) is 18.1 Å². The molecule has 0 radical (unpaired) electrons. The van der Waals surface area contributed by atoms with Gasteiger partial charge in [-0.1, -0.05) is 18.2 Å². The summed E-state index contributed by atoms with van der Waals surface area (Å²) in [6, 6.07) is 7.96. The lowest BCUT2D eigenvalue weighted by molar-refractivity contribution is 0.0327. The third-order valence-corrected chi connectivity index (χ3v) is 2.63. The Labute approximate surface area is 104 Å². The molecular formula is C12H12ClNO3. The molecule has 1 aromatic rings. The summed E-state index contributed by atoms with van der Waals surface area (Å²) in [4.78, 5) is 11.5. The third kappa shape index (κ3) is 3.53. The highest BCUT2D eigenvalue weighted by molar-refractivity contribution is 6.18. The Morgan fingerprint density at radius 1 is 1.47 bits per heavy atom. The Balaban J connectivity index is 2.93. The van der Waals surface area contributed by atoms with Crippen molar-refractivity contribution < 1.29 is 15.0 Å². The van der Waals surface area contributed by atoms with Crippen molar-refractivity contribution in [2.45, 2.75) is 18.6 Å². The third-order valence-electron chi connectivity index (χ3n) is 2.31. The Hall–Kier alpha value is -1.41. The number of carbonyl (C=O) groups is 1. The largest absolute Gasteiger partial charge is 0.389 e. The summed E-state index contributed by atoms with van der Waals surface area (Å²) in [7, 11) is 0. The van der Waals surface area contributed by atoms with E-state index in [9.17, 15) is 15.0 Å². The second-order valence-electron chi connectivity index (χ2n) is 3.55. The Morgan fingerprint density at radius 3 is 2.76 bits per heavy atom. The van der Waals surface area contributed by atoms with Crippen molar-refractivity contribution in [2.75, 3.05) is 5.88 Å². The van der Waals surface area contributed by atoms with Crippen molar-refractivity contribution in [1.29, 1.82) is 5.26 Å². The number of ketones is 1. The minimum atomic E-state index is -1.14. The quantitative estimate of drug-likeness (QED) is 0.614. The number of alkyl halides is 1. The number of Topliss-reactive ketones (excluding diaryl/α,β-unsaturated/α-hetero) is 1. The summed E-state index contributed by atoms with van der Waals surface area (Å²) in [6.45, 7) is 0. The minimum absolute atomic E-state index is 0.0997. The molecule has 0 aromatic heterocycles. The average Bonchev–Trinajstić information content (AvgIpc) is 2.37. The number of hydrogen-bond donors (Lipinski definition) is 2. The van der Waals surface area contributed by atoms with E-state index in [4.69, 9.17) is 16.9 Å². The number of benzene rings is 1. The molecule has 0 aliphatic heterocycles. The summed E-state index contributed by atoms with van der Waals surface area (Å²) in [5.74, 6) is -0.417. The zero-order valence-corrected chi connectivity index (χ0v) is 9.76. The molecule has 0 heterocycles. The number of nitriles is 1. The van der Waals surface area contributed by atoms with Crippen LogP contribution in [0.5, 0.6) is 0 Å². The van der Waals surface area contributed by atoms with Gasteiger partial charge in [-0.05, 0) is 11.6 Å². The summed E-state index contributed by atoms with van der Waals surface area (Å²) < 4.78 is 0. The molecule has 0 fully saturated rings.